The number of carbonyl (C=O) groups excluding carboxylic acids is 1. The van der Waals surface area contributed by atoms with E-state index in [0.29, 0.717) is 13.0 Å². The number of amides is 1. The van der Waals surface area contributed by atoms with Gasteiger partial charge in [0.1, 0.15) is 12.0 Å². The molecule has 0 bridgehead atoms. The van der Waals surface area contributed by atoms with Crippen LogP contribution in [-0.4, -0.2) is 36.2 Å². The van der Waals surface area contributed by atoms with Gasteiger partial charge in [-0.05, 0) is 34.5 Å². The van der Waals surface area contributed by atoms with Crippen molar-refractivity contribution < 1.29 is 9.18 Å². The molecule has 1 fully saturated rings. The normalized spacial score (nSPS) is 23.8. The second-order valence-electron chi connectivity index (χ2n) is 4.39. The number of halogens is 2. The van der Waals surface area contributed by atoms with Crippen molar-refractivity contribution in [3.8, 4) is 0 Å². The van der Waals surface area contributed by atoms with Gasteiger partial charge in [-0.3, -0.25) is 4.79 Å². The molecule has 0 aliphatic carbocycles. The Morgan fingerprint density at radius 2 is 2.39 bits per heavy atom. The maximum absolute atomic E-state index is 13.9. The number of aromatic nitrogens is 1. The standard InChI is InChI=1S/C12H15BrFN3O/c1-8(18)16-11-4-5-17(7-10(11)14)12-3-2-9(13)6-15-12/h2-3,6,10-11H,4-5,7H2,1H3,(H,16,18). The van der Waals surface area contributed by atoms with E-state index in [1.807, 2.05) is 17.0 Å². The quantitative estimate of drug-likeness (QED) is 0.906. The third-order valence-corrected chi connectivity index (χ3v) is 3.43. The van der Waals surface area contributed by atoms with Gasteiger partial charge < -0.3 is 10.2 Å². The number of pyridine rings is 1. The van der Waals surface area contributed by atoms with Crippen LogP contribution < -0.4 is 10.2 Å². The molecule has 2 heterocycles. The van der Waals surface area contributed by atoms with Gasteiger partial charge in [0.05, 0.1) is 12.6 Å². The molecule has 4 nitrogen and oxygen atoms in total. The molecular formula is C12H15BrFN3O. The van der Waals surface area contributed by atoms with Crippen LogP contribution in [0.1, 0.15) is 13.3 Å². The van der Waals surface area contributed by atoms with Gasteiger partial charge in [0.25, 0.3) is 0 Å². The molecule has 0 spiro atoms. The van der Waals surface area contributed by atoms with Crippen molar-refractivity contribution in [2.24, 2.45) is 0 Å². The Balaban J connectivity index is 1.99. The lowest BCUT2D eigenvalue weighted by Crippen LogP contribution is -2.52. The number of anilines is 1. The van der Waals surface area contributed by atoms with Gasteiger partial charge in [-0.25, -0.2) is 9.37 Å². The summed E-state index contributed by atoms with van der Waals surface area (Å²) in [5.41, 5.74) is 0. The maximum atomic E-state index is 13.9. The fraction of sp³-hybridized carbons (Fsp3) is 0.500. The van der Waals surface area contributed by atoms with Crippen molar-refractivity contribution >= 4 is 27.7 Å². The van der Waals surface area contributed by atoms with E-state index in [9.17, 15) is 9.18 Å². The Hall–Kier alpha value is -1.17. The minimum atomic E-state index is -1.06. The first-order chi connectivity index (χ1) is 8.56. The SMILES string of the molecule is CC(=O)NC1CCN(c2ccc(Br)cn2)CC1F. The van der Waals surface area contributed by atoms with Crippen LogP contribution in [0.5, 0.6) is 0 Å². The highest BCUT2D eigenvalue weighted by molar-refractivity contribution is 9.10. The van der Waals surface area contributed by atoms with Gasteiger partial charge in [-0.1, -0.05) is 0 Å². The lowest BCUT2D eigenvalue weighted by Gasteiger charge is -2.35. The Morgan fingerprint density at radius 1 is 1.61 bits per heavy atom. The van der Waals surface area contributed by atoms with E-state index in [2.05, 4.69) is 26.2 Å². The Kier molecular flexibility index (Phi) is 4.16. The number of carbonyl (C=O) groups is 1. The number of alkyl halides is 1. The second kappa shape index (κ2) is 5.65. The summed E-state index contributed by atoms with van der Waals surface area (Å²) in [5, 5.41) is 2.64. The fourth-order valence-electron chi connectivity index (χ4n) is 2.09. The van der Waals surface area contributed by atoms with Gasteiger partial charge in [0.2, 0.25) is 5.91 Å². The molecule has 1 amide bonds. The van der Waals surface area contributed by atoms with Gasteiger partial charge in [-0.15, -0.1) is 0 Å². The molecule has 2 rings (SSSR count). The zero-order valence-electron chi connectivity index (χ0n) is 10.1. The summed E-state index contributed by atoms with van der Waals surface area (Å²) < 4.78 is 14.8. The van der Waals surface area contributed by atoms with Crippen LogP contribution in [0, 0.1) is 0 Å². The van der Waals surface area contributed by atoms with E-state index in [1.54, 1.807) is 6.20 Å². The van der Waals surface area contributed by atoms with Crippen LogP contribution in [0.2, 0.25) is 0 Å². The van der Waals surface area contributed by atoms with E-state index in [0.717, 1.165) is 10.3 Å². The number of nitrogens with zero attached hydrogens (tertiary/aromatic N) is 2. The number of hydrogen-bond acceptors (Lipinski definition) is 3. The highest BCUT2D eigenvalue weighted by Crippen LogP contribution is 2.21. The molecular weight excluding hydrogens is 301 g/mol. The molecule has 1 saturated heterocycles. The molecule has 6 heteroatoms. The van der Waals surface area contributed by atoms with Crippen LogP contribution >= 0.6 is 15.9 Å². The lowest BCUT2D eigenvalue weighted by molar-refractivity contribution is -0.120. The van der Waals surface area contributed by atoms with Crippen LogP contribution in [0.25, 0.3) is 0 Å². The first-order valence-electron chi connectivity index (χ1n) is 5.84. The lowest BCUT2D eigenvalue weighted by atomic mass is 10.0. The van der Waals surface area contributed by atoms with Crippen LogP contribution in [0.4, 0.5) is 10.2 Å². The molecule has 1 aromatic rings. The predicted octanol–water partition coefficient (Wildman–Crippen LogP) is 1.90. The molecule has 1 aliphatic heterocycles. The van der Waals surface area contributed by atoms with Crippen molar-refractivity contribution in [1.82, 2.24) is 10.3 Å². The number of piperidine rings is 1. The van der Waals surface area contributed by atoms with E-state index < -0.39 is 6.17 Å². The molecule has 2 atom stereocenters. The van der Waals surface area contributed by atoms with Crippen molar-refractivity contribution in [1.29, 1.82) is 0 Å². The molecule has 1 N–H and O–H groups in total. The average Bonchev–Trinajstić information content (AvgIpc) is 2.32. The highest BCUT2D eigenvalue weighted by atomic mass is 79.9. The largest absolute Gasteiger partial charge is 0.354 e. The minimum Gasteiger partial charge on any atom is -0.354 e. The molecule has 0 radical (unpaired) electrons. The molecule has 98 valence electrons. The number of nitrogens with one attached hydrogen (secondary N) is 1. The van der Waals surface area contributed by atoms with Gasteiger partial charge >= 0.3 is 0 Å². The molecule has 0 saturated carbocycles. The summed E-state index contributed by atoms with van der Waals surface area (Å²) in [6.45, 7) is 2.37. The Morgan fingerprint density at radius 3 is 2.94 bits per heavy atom. The second-order valence-corrected chi connectivity index (χ2v) is 5.31. The monoisotopic (exact) mass is 315 g/mol. The smallest absolute Gasteiger partial charge is 0.217 e. The fourth-order valence-corrected chi connectivity index (χ4v) is 2.33. The van der Waals surface area contributed by atoms with E-state index in [-0.39, 0.29) is 18.5 Å². The number of rotatable bonds is 2. The summed E-state index contributed by atoms with van der Waals surface area (Å²) in [5.74, 6) is 0.583. The summed E-state index contributed by atoms with van der Waals surface area (Å²) >= 11 is 3.32. The van der Waals surface area contributed by atoms with Crippen molar-refractivity contribution in [2.45, 2.75) is 25.6 Å². The topological polar surface area (TPSA) is 45.2 Å². The highest BCUT2D eigenvalue weighted by Gasteiger charge is 2.30. The van der Waals surface area contributed by atoms with Crippen molar-refractivity contribution in [3.05, 3.63) is 22.8 Å². The molecule has 2 unspecified atom stereocenters. The Labute approximate surface area is 114 Å². The first-order valence-corrected chi connectivity index (χ1v) is 6.63. The van der Waals surface area contributed by atoms with Crippen molar-refractivity contribution in [2.75, 3.05) is 18.0 Å². The first kappa shape index (κ1) is 13.3. The summed E-state index contributed by atoms with van der Waals surface area (Å²) in [4.78, 5) is 17.1. The van der Waals surface area contributed by atoms with Crippen molar-refractivity contribution in [3.63, 3.8) is 0 Å². The minimum absolute atomic E-state index is 0.183. The number of hydrogen-bond donors (Lipinski definition) is 1. The third kappa shape index (κ3) is 3.19. The predicted molar refractivity (Wildman–Crippen MR) is 71.3 cm³/mol. The zero-order valence-corrected chi connectivity index (χ0v) is 11.7. The molecule has 0 aromatic carbocycles. The van der Waals surface area contributed by atoms with E-state index >= 15 is 0 Å². The summed E-state index contributed by atoms with van der Waals surface area (Å²) in [6.07, 6.45) is 1.23. The molecule has 1 aliphatic rings. The van der Waals surface area contributed by atoms with E-state index in [4.69, 9.17) is 0 Å². The third-order valence-electron chi connectivity index (χ3n) is 2.97. The maximum Gasteiger partial charge on any atom is 0.217 e. The average molecular weight is 316 g/mol. The van der Waals surface area contributed by atoms with Crippen LogP contribution in [0.3, 0.4) is 0 Å². The summed E-state index contributed by atoms with van der Waals surface area (Å²) in [7, 11) is 0. The molecule has 1 aromatic heterocycles. The van der Waals surface area contributed by atoms with Gasteiger partial charge in [-0.2, -0.15) is 0 Å². The van der Waals surface area contributed by atoms with Gasteiger partial charge in [0, 0.05) is 24.1 Å². The van der Waals surface area contributed by atoms with Crippen LogP contribution in [0.15, 0.2) is 22.8 Å². The van der Waals surface area contributed by atoms with Crippen LogP contribution in [-0.2, 0) is 4.79 Å². The summed E-state index contributed by atoms with van der Waals surface area (Å²) in [6, 6.07) is 3.36. The van der Waals surface area contributed by atoms with E-state index in [1.165, 1.54) is 6.92 Å². The van der Waals surface area contributed by atoms with Gasteiger partial charge in [0.15, 0.2) is 0 Å². The Bertz CT molecular complexity index is 426. The zero-order chi connectivity index (χ0) is 13.1. The molecule has 18 heavy (non-hydrogen) atoms.